The zero-order valence-electron chi connectivity index (χ0n) is 11.3. The number of thiazole rings is 1. The Balaban J connectivity index is 1.74. The van der Waals surface area contributed by atoms with E-state index in [0.29, 0.717) is 16.3 Å². The van der Waals surface area contributed by atoms with Gasteiger partial charge in [-0.3, -0.25) is 4.79 Å². The molecule has 110 valence electrons. The van der Waals surface area contributed by atoms with Crippen LogP contribution in [0.1, 0.15) is 15.9 Å². The van der Waals surface area contributed by atoms with Crippen molar-refractivity contribution in [2.75, 3.05) is 5.73 Å². The normalized spacial score (nSPS) is 11.1. The molecule has 0 bridgehead atoms. The Hall–Kier alpha value is -2.80. The summed E-state index contributed by atoms with van der Waals surface area (Å²) >= 11 is 1.31. The number of carbonyl (C=O) groups excluding carboxylic acids is 1. The average molecular weight is 314 g/mol. The number of nitrogens with one attached hydrogen (secondary N) is 1. The summed E-state index contributed by atoms with van der Waals surface area (Å²) in [4.78, 5) is 16.1. The molecule has 1 aromatic heterocycles. The highest BCUT2D eigenvalue weighted by Crippen LogP contribution is 2.24. The number of fused-ring (bicyclic) bond motifs is 1. The van der Waals surface area contributed by atoms with Gasteiger partial charge in [0.2, 0.25) is 0 Å². The molecule has 0 aliphatic carbocycles. The van der Waals surface area contributed by atoms with Gasteiger partial charge in [0.25, 0.3) is 5.91 Å². The number of hydrazone groups is 1. The molecule has 0 unspecified atom stereocenters. The van der Waals surface area contributed by atoms with E-state index in [-0.39, 0.29) is 5.91 Å². The molecule has 0 saturated carbocycles. The lowest BCUT2D eigenvalue weighted by molar-refractivity contribution is 0.0955. The van der Waals surface area contributed by atoms with Gasteiger partial charge >= 0.3 is 0 Å². The number of nitrogens with two attached hydrogens (primary N) is 1. The summed E-state index contributed by atoms with van der Waals surface area (Å²) in [5, 5.41) is 4.21. The number of rotatable bonds is 3. The Morgan fingerprint density at radius 3 is 2.95 bits per heavy atom. The van der Waals surface area contributed by atoms with E-state index in [2.05, 4.69) is 15.5 Å². The van der Waals surface area contributed by atoms with Gasteiger partial charge < -0.3 is 5.73 Å². The summed E-state index contributed by atoms with van der Waals surface area (Å²) < 4.78 is 14.2. The minimum absolute atomic E-state index is 0.300. The topological polar surface area (TPSA) is 80.4 Å². The van der Waals surface area contributed by atoms with Crippen LogP contribution in [0.3, 0.4) is 0 Å². The molecule has 1 amide bonds. The molecule has 3 rings (SSSR count). The summed E-state index contributed by atoms with van der Waals surface area (Å²) in [7, 11) is 0. The lowest BCUT2D eigenvalue weighted by Gasteiger charge is -2.00. The maximum Gasteiger partial charge on any atom is 0.271 e. The Labute approximate surface area is 129 Å². The molecule has 1 heterocycles. The zero-order valence-corrected chi connectivity index (χ0v) is 12.1. The van der Waals surface area contributed by atoms with Gasteiger partial charge in [0.1, 0.15) is 5.82 Å². The summed E-state index contributed by atoms with van der Waals surface area (Å²) in [5.74, 6) is -0.788. The van der Waals surface area contributed by atoms with Crippen molar-refractivity contribution in [3.63, 3.8) is 0 Å². The highest BCUT2D eigenvalue weighted by Gasteiger charge is 2.08. The second-order valence-corrected chi connectivity index (χ2v) is 5.52. The first-order valence-electron chi connectivity index (χ1n) is 6.37. The van der Waals surface area contributed by atoms with Crippen LogP contribution in [-0.2, 0) is 0 Å². The predicted molar refractivity (Wildman–Crippen MR) is 85.5 cm³/mol. The van der Waals surface area contributed by atoms with Gasteiger partial charge in [-0.25, -0.2) is 14.8 Å². The number of nitrogen functional groups attached to an aromatic ring is 1. The zero-order chi connectivity index (χ0) is 15.5. The number of anilines is 1. The lowest BCUT2D eigenvalue weighted by atomic mass is 10.2. The van der Waals surface area contributed by atoms with Crippen molar-refractivity contribution in [1.29, 1.82) is 0 Å². The van der Waals surface area contributed by atoms with Crippen LogP contribution in [0.15, 0.2) is 47.6 Å². The van der Waals surface area contributed by atoms with Crippen LogP contribution in [0.5, 0.6) is 0 Å². The summed E-state index contributed by atoms with van der Waals surface area (Å²) in [5.41, 5.74) is 9.46. The van der Waals surface area contributed by atoms with E-state index in [1.807, 2.05) is 0 Å². The molecule has 5 nitrogen and oxygen atoms in total. The number of nitrogens with zero attached hydrogens (tertiary/aromatic N) is 2. The molecule has 3 aromatic rings. The van der Waals surface area contributed by atoms with Gasteiger partial charge in [0, 0.05) is 11.1 Å². The fraction of sp³-hybridized carbons (Fsp3) is 0. The fourth-order valence-corrected chi connectivity index (χ4v) is 2.66. The second-order valence-electron chi connectivity index (χ2n) is 4.46. The first-order chi connectivity index (χ1) is 10.6. The first kappa shape index (κ1) is 14.2. The number of aromatic nitrogens is 1. The number of halogens is 1. The number of carbonyl (C=O) groups is 1. The van der Waals surface area contributed by atoms with E-state index >= 15 is 0 Å². The number of amides is 1. The molecule has 0 saturated heterocycles. The maximum absolute atomic E-state index is 13.4. The van der Waals surface area contributed by atoms with E-state index in [1.54, 1.807) is 36.4 Å². The summed E-state index contributed by atoms with van der Waals surface area (Å²) in [6.07, 6.45) is 1.26. The van der Waals surface area contributed by atoms with Crippen molar-refractivity contribution in [2.24, 2.45) is 5.10 Å². The van der Waals surface area contributed by atoms with Gasteiger partial charge in [-0.05, 0) is 24.3 Å². The average Bonchev–Trinajstić information content (AvgIpc) is 2.88. The molecule has 3 N–H and O–H groups in total. The molecule has 0 spiro atoms. The Kier molecular flexibility index (Phi) is 3.80. The summed E-state index contributed by atoms with van der Waals surface area (Å²) in [6.45, 7) is 0. The number of benzene rings is 2. The van der Waals surface area contributed by atoms with E-state index in [1.165, 1.54) is 23.6 Å². The number of hydrogen-bond acceptors (Lipinski definition) is 5. The third-order valence-corrected chi connectivity index (χ3v) is 3.79. The third-order valence-electron chi connectivity index (χ3n) is 2.94. The van der Waals surface area contributed by atoms with Crippen molar-refractivity contribution in [2.45, 2.75) is 0 Å². The fourth-order valence-electron chi connectivity index (χ4n) is 1.89. The van der Waals surface area contributed by atoms with Crippen molar-refractivity contribution in [1.82, 2.24) is 10.4 Å². The van der Waals surface area contributed by atoms with Crippen LogP contribution in [-0.4, -0.2) is 17.1 Å². The first-order valence-corrected chi connectivity index (χ1v) is 7.19. The van der Waals surface area contributed by atoms with E-state index in [4.69, 9.17) is 5.73 Å². The van der Waals surface area contributed by atoms with Crippen LogP contribution in [0.2, 0.25) is 0 Å². The van der Waals surface area contributed by atoms with Gasteiger partial charge in [-0.2, -0.15) is 5.10 Å². The number of hydrogen-bond donors (Lipinski definition) is 2. The predicted octanol–water partition coefficient (Wildman–Crippen LogP) is 2.78. The molecule has 22 heavy (non-hydrogen) atoms. The maximum atomic E-state index is 13.4. The van der Waals surface area contributed by atoms with Crippen LogP contribution < -0.4 is 11.2 Å². The minimum atomic E-state index is -0.401. The second kappa shape index (κ2) is 5.90. The van der Waals surface area contributed by atoms with Gasteiger partial charge in [-0.1, -0.05) is 29.5 Å². The van der Waals surface area contributed by atoms with Crippen LogP contribution >= 0.6 is 11.3 Å². The molecule has 0 fully saturated rings. The summed E-state index contributed by atoms with van der Waals surface area (Å²) in [6, 6.07) is 11.2. The lowest BCUT2D eigenvalue weighted by Crippen LogP contribution is -2.17. The molecule has 0 atom stereocenters. The SMILES string of the molecule is Nc1nc2ccc(C(=O)NN=Cc3ccccc3F)cc2s1. The van der Waals surface area contributed by atoms with E-state index < -0.39 is 5.82 Å². The van der Waals surface area contributed by atoms with Crippen molar-refractivity contribution in [3.8, 4) is 0 Å². The van der Waals surface area contributed by atoms with Gasteiger partial charge in [-0.15, -0.1) is 0 Å². The van der Waals surface area contributed by atoms with Crippen LogP contribution in [0.4, 0.5) is 9.52 Å². The Morgan fingerprint density at radius 1 is 1.32 bits per heavy atom. The van der Waals surface area contributed by atoms with E-state index in [0.717, 1.165) is 10.2 Å². The van der Waals surface area contributed by atoms with Gasteiger partial charge in [0.15, 0.2) is 5.13 Å². The molecule has 2 aromatic carbocycles. The Morgan fingerprint density at radius 2 is 2.14 bits per heavy atom. The smallest absolute Gasteiger partial charge is 0.271 e. The molecule has 7 heteroatoms. The quantitative estimate of drug-likeness (QED) is 0.576. The van der Waals surface area contributed by atoms with Crippen molar-refractivity contribution in [3.05, 3.63) is 59.4 Å². The largest absolute Gasteiger partial charge is 0.375 e. The van der Waals surface area contributed by atoms with E-state index in [9.17, 15) is 9.18 Å². The monoisotopic (exact) mass is 314 g/mol. The molecule has 0 radical (unpaired) electrons. The highest BCUT2D eigenvalue weighted by molar-refractivity contribution is 7.22. The molecular formula is C15H11FN4OS. The molecular weight excluding hydrogens is 303 g/mol. The van der Waals surface area contributed by atoms with Crippen LogP contribution in [0, 0.1) is 5.82 Å². The van der Waals surface area contributed by atoms with Crippen LogP contribution in [0.25, 0.3) is 10.2 Å². The standard InChI is InChI=1S/C15H11FN4OS/c16-11-4-2-1-3-10(11)8-18-20-14(21)9-5-6-12-13(7-9)22-15(17)19-12/h1-8H,(H2,17,19)(H,20,21). The molecule has 0 aliphatic heterocycles. The van der Waals surface area contributed by atoms with Gasteiger partial charge in [0.05, 0.1) is 16.4 Å². The van der Waals surface area contributed by atoms with Crippen molar-refractivity contribution < 1.29 is 9.18 Å². The third kappa shape index (κ3) is 2.94. The minimum Gasteiger partial charge on any atom is -0.375 e. The highest BCUT2D eigenvalue weighted by atomic mass is 32.1. The Bertz CT molecular complexity index is 875. The van der Waals surface area contributed by atoms with Crippen molar-refractivity contribution >= 4 is 38.8 Å². The molecule has 0 aliphatic rings.